The molecule has 1 aromatic carbocycles. The Balaban J connectivity index is 1.86. The van der Waals surface area contributed by atoms with E-state index in [4.69, 9.17) is 9.72 Å². The van der Waals surface area contributed by atoms with Crippen LogP contribution in [0, 0.1) is 0 Å². The summed E-state index contributed by atoms with van der Waals surface area (Å²) in [6.45, 7) is 2.15. The Kier molecular flexibility index (Phi) is 4.25. The van der Waals surface area contributed by atoms with E-state index in [1.807, 2.05) is 12.1 Å². The van der Waals surface area contributed by atoms with Gasteiger partial charge in [-0.05, 0) is 53.8 Å². The van der Waals surface area contributed by atoms with Crippen LogP contribution in [0.25, 0.3) is 31.6 Å². The zero-order valence-corrected chi connectivity index (χ0v) is 16.9. The van der Waals surface area contributed by atoms with E-state index in [0.29, 0.717) is 0 Å². The average Bonchev–Trinajstić information content (AvgIpc) is 3.31. The second-order valence-corrected chi connectivity index (χ2v) is 8.82. The molecule has 0 saturated heterocycles. The molecular formula is C21H19N3OS2. The maximum absolute atomic E-state index is 5.35. The van der Waals surface area contributed by atoms with Crippen LogP contribution >= 0.6 is 23.1 Å². The second-order valence-electron chi connectivity index (χ2n) is 6.57. The summed E-state index contributed by atoms with van der Waals surface area (Å²) < 4.78 is 6.51. The summed E-state index contributed by atoms with van der Waals surface area (Å²) in [7, 11) is 1.70. The molecular weight excluding hydrogens is 374 g/mol. The standard InChI is InChI=1S/C21H19N3OS2/c1-3-26-21-19-18(22-11-23-21)17-16(12-7-9-13(25-2)10-8-12)14-5-4-6-15(14)24-20(17)27-19/h7-11H,3-6H2,1-2H3. The molecule has 4 aromatic rings. The number of hydrogen-bond donors (Lipinski definition) is 0. The smallest absolute Gasteiger partial charge is 0.127 e. The Labute approximate surface area is 166 Å². The summed E-state index contributed by atoms with van der Waals surface area (Å²) >= 11 is 3.50. The molecule has 0 saturated carbocycles. The first-order valence-electron chi connectivity index (χ1n) is 9.16. The number of hydrogen-bond acceptors (Lipinski definition) is 6. The third-order valence-corrected chi connectivity index (χ3v) is 7.14. The van der Waals surface area contributed by atoms with E-state index in [-0.39, 0.29) is 0 Å². The highest BCUT2D eigenvalue weighted by molar-refractivity contribution is 7.99. The predicted octanol–water partition coefficient (Wildman–Crippen LogP) is 5.52. The van der Waals surface area contributed by atoms with Gasteiger partial charge in [0.05, 0.1) is 17.3 Å². The second kappa shape index (κ2) is 6.77. The fourth-order valence-corrected chi connectivity index (χ4v) is 5.86. The van der Waals surface area contributed by atoms with E-state index in [0.717, 1.165) is 44.4 Å². The molecule has 1 aliphatic rings. The van der Waals surface area contributed by atoms with Crippen LogP contribution < -0.4 is 4.74 Å². The van der Waals surface area contributed by atoms with Gasteiger partial charge in [0, 0.05) is 11.1 Å². The lowest BCUT2D eigenvalue weighted by molar-refractivity contribution is 0.415. The summed E-state index contributed by atoms with van der Waals surface area (Å²) in [4.78, 5) is 15.3. The highest BCUT2D eigenvalue weighted by Gasteiger charge is 2.24. The number of fused-ring (bicyclic) bond motifs is 4. The van der Waals surface area contributed by atoms with Gasteiger partial charge in [-0.25, -0.2) is 15.0 Å². The van der Waals surface area contributed by atoms with Crippen LogP contribution in [0.4, 0.5) is 0 Å². The summed E-state index contributed by atoms with van der Waals surface area (Å²) in [6.07, 6.45) is 5.01. The Morgan fingerprint density at radius 1 is 1.15 bits per heavy atom. The monoisotopic (exact) mass is 393 g/mol. The van der Waals surface area contributed by atoms with Crippen molar-refractivity contribution in [2.75, 3.05) is 12.9 Å². The fraction of sp³-hybridized carbons (Fsp3) is 0.286. The van der Waals surface area contributed by atoms with Crippen LogP contribution in [-0.2, 0) is 12.8 Å². The van der Waals surface area contributed by atoms with Crippen molar-refractivity contribution in [1.29, 1.82) is 0 Å². The Hall–Kier alpha value is -2.18. The number of benzene rings is 1. The maximum atomic E-state index is 5.35. The number of aromatic nitrogens is 3. The summed E-state index contributed by atoms with van der Waals surface area (Å²) in [6, 6.07) is 8.37. The van der Waals surface area contributed by atoms with Crippen LogP contribution in [0.3, 0.4) is 0 Å². The molecule has 27 heavy (non-hydrogen) atoms. The quantitative estimate of drug-likeness (QED) is 0.338. The average molecular weight is 394 g/mol. The lowest BCUT2D eigenvalue weighted by Crippen LogP contribution is -1.94. The number of aryl methyl sites for hydroxylation is 1. The summed E-state index contributed by atoms with van der Waals surface area (Å²) in [5.74, 6) is 1.87. The molecule has 0 amide bonds. The van der Waals surface area contributed by atoms with E-state index in [2.05, 4.69) is 29.0 Å². The van der Waals surface area contributed by atoms with E-state index in [1.165, 1.54) is 34.2 Å². The highest BCUT2D eigenvalue weighted by atomic mass is 32.2. The molecule has 0 bridgehead atoms. The van der Waals surface area contributed by atoms with Gasteiger partial charge >= 0.3 is 0 Å². The van der Waals surface area contributed by atoms with Crippen molar-refractivity contribution in [2.24, 2.45) is 0 Å². The van der Waals surface area contributed by atoms with Gasteiger partial charge in [0.15, 0.2) is 0 Å². The number of ether oxygens (including phenoxy) is 1. The molecule has 0 N–H and O–H groups in total. The topological polar surface area (TPSA) is 47.9 Å². The molecule has 0 fully saturated rings. The first-order valence-corrected chi connectivity index (χ1v) is 11.0. The fourth-order valence-electron chi connectivity index (χ4n) is 3.89. The van der Waals surface area contributed by atoms with Crippen LogP contribution in [0.2, 0.25) is 0 Å². The van der Waals surface area contributed by atoms with E-state index >= 15 is 0 Å². The van der Waals surface area contributed by atoms with Crippen molar-refractivity contribution < 1.29 is 4.74 Å². The van der Waals surface area contributed by atoms with E-state index < -0.39 is 0 Å². The molecule has 0 atom stereocenters. The molecule has 0 aliphatic heterocycles. The van der Waals surface area contributed by atoms with Crippen molar-refractivity contribution in [3.8, 4) is 16.9 Å². The first-order chi connectivity index (χ1) is 13.3. The first kappa shape index (κ1) is 17.0. The van der Waals surface area contributed by atoms with Crippen LogP contribution in [0.15, 0.2) is 35.6 Å². The number of rotatable bonds is 4. The predicted molar refractivity (Wildman–Crippen MR) is 113 cm³/mol. The summed E-state index contributed by atoms with van der Waals surface area (Å²) in [5, 5.41) is 2.24. The molecule has 4 nitrogen and oxygen atoms in total. The number of methoxy groups -OCH3 is 1. The molecule has 0 unspecified atom stereocenters. The lowest BCUT2D eigenvalue weighted by atomic mass is 9.96. The Morgan fingerprint density at radius 2 is 2.00 bits per heavy atom. The zero-order chi connectivity index (χ0) is 18.4. The lowest BCUT2D eigenvalue weighted by Gasteiger charge is -2.11. The molecule has 1 aliphatic carbocycles. The molecule has 6 heteroatoms. The molecule has 3 aromatic heterocycles. The number of thiophene rings is 1. The van der Waals surface area contributed by atoms with Gasteiger partial charge in [0.1, 0.15) is 21.9 Å². The zero-order valence-electron chi connectivity index (χ0n) is 15.3. The van der Waals surface area contributed by atoms with Gasteiger partial charge in [-0.3, -0.25) is 0 Å². The minimum atomic E-state index is 0.875. The molecule has 136 valence electrons. The van der Waals surface area contributed by atoms with Gasteiger partial charge in [0.25, 0.3) is 0 Å². The molecule has 3 heterocycles. The van der Waals surface area contributed by atoms with Gasteiger partial charge in [-0.2, -0.15) is 0 Å². The van der Waals surface area contributed by atoms with Gasteiger partial charge in [0.2, 0.25) is 0 Å². The molecule has 0 radical (unpaired) electrons. The highest BCUT2D eigenvalue weighted by Crippen LogP contribution is 2.45. The van der Waals surface area contributed by atoms with Crippen molar-refractivity contribution in [1.82, 2.24) is 15.0 Å². The van der Waals surface area contributed by atoms with Crippen LogP contribution in [-0.4, -0.2) is 27.8 Å². The third-order valence-electron chi connectivity index (χ3n) is 5.06. The van der Waals surface area contributed by atoms with E-state index in [1.54, 1.807) is 36.5 Å². The molecule has 0 spiro atoms. The molecule has 5 rings (SSSR count). The third kappa shape index (κ3) is 2.70. The van der Waals surface area contributed by atoms with Crippen LogP contribution in [0.5, 0.6) is 5.75 Å². The SMILES string of the molecule is CCSc1ncnc2c1sc1nc3c(c(-c4ccc(OC)cc4)c12)CCC3. The normalized spacial score (nSPS) is 13.4. The van der Waals surface area contributed by atoms with Gasteiger partial charge in [-0.15, -0.1) is 23.1 Å². The minimum absolute atomic E-state index is 0.875. The van der Waals surface area contributed by atoms with Crippen molar-refractivity contribution in [3.63, 3.8) is 0 Å². The maximum Gasteiger partial charge on any atom is 0.127 e. The summed E-state index contributed by atoms with van der Waals surface area (Å²) in [5.41, 5.74) is 6.18. The Bertz CT molecular complexity index is 1150. The Morgan fingerprint density at radius 3 is 2.78 bits per heavy atom. The van der Waals surface area contributed by atoms with Crippen molar-refractivity contribution in [3.05, 3.63) is 41.9 Å². The van der Waals surface area contributed by atoms with Crippen LogP contribution in [0.1, 0.15) is 24.6 Å². The van der Waals surface area contributed by atoms with E-state index in [9.17, 15) is 0 Å². The van der Waals surface area contributed by atoms with Gasteiger partial charge in [-0.1, -0.05) is 19.1 Å². The number of nitrogens with zero attached hydrogens (tertiary/aromatic N) is 3. The number of pyridine rings is 1. The van der Waals surface area contributed by atoms with Crippen molar-refractivity contribution >= 4 is 43.5 Å². The minimum Gasteiger partial charge on any atom is -0.497 e. The number of thioether (sulfide) groups is 1. The largest absolute Gasteiger partial charge is 0.497 e. The van der Waals surface area contributed by atoms with Gasteiger partial charge < -0.3 is 4.74 Å². The van der Waals surface area contributed by atoms with Crippen molar-refractivity contribution in [2.45, 2.75) is 31.2 Å².